The van der Waals surface area contributed by atoms with E-state index < -0.39 is 0 Å². The van der Waals surface area contributed by atoms with Gasteiger partial charge in [0.1, 0.15) is 0 Å². The van der Waals surface area contributed by atoms with Gasteiger partial charge in [0.2, 0.25) is 0 Å². The normalized spacial score (nSPS) is 25.7. The highest BCUT2D eigenvalue weighted by Crippen LogP contribution is 2.16. The molecule has 1 heterocycles. The van der Waals surface area contributed by atoms with Crippen LogP contribution in [0.4, 0.5) is 0 Å². The van der Waals surface area contributed by atoms with E-state index in [1.54, 1.807) is 0 Å². The molecular weight excluding hydrogens is 174 g/mol. The fourth-order valence-electron chi connectivity index (χ4n) is 2.10. The van der Waals surface area contributed by atoms with Gasteiger partial charge in [-0.1, -0.05) is 0 Å². The molecule has 0 aromatic rings. The first-order chi connectivity index (χ1) is 6.59. The van der Waals surface area contributed by atoms with E-state index >= 15 is 0 Å². The zero-order valence-electron chi connectivity index (χ0n) is 10.1. The Hall–Kier alpha value is -0.0800. The van der Waals surface area contributed by atoms with Crippen molar-refractivity contribution >= 4 is 0 Å². The predicted molar refractivity (Wildman–Crippen MR) is 60.6 cm³/mol. The number of hydrogen-bond donors (Lipinski definition) is 0. The van der Waals surface area contributed by atoms with Crippen molar-refractivity contribution in [2.24, 2.45) is 0 Å². The molecule has 0 aromatic heterocycles. The average molecular weight is 199 g/mol. The first kappa shape index (κ1) is 12.0. The molecule has 1 atom stereocenters. The van der Waals surface area contributed by atoms with Crippen LogP contribution in [0.3, 0.4) is 0 Å². The first-order valence-corrected chi connectivity index (χ1v) is 5.99. The highest BCUT2D eigenvalue weighted by atomic mass is 16.5. The minimum absolute atomic E-state index is 0.368. The molecule has 0 saturated carbocycles. The van der Waals surface area contributed by atoms with Crippen molar-refractivity contribution in [3.63, 3.8) is 0 Å². The Morgan fingerprint density at radius 1 is 1.14 bits per heavy atom. The van der Waals surface area contributed by atoms with Gasteiger partial charge in [0.25, 0.3) is 0 Å². The van der Waals surface area contributed by atoms with E-state index in [-0.39, 0.29) is 0 Å². The van der Waals surface area contributed by atoms with Crippen LogP contribution in [0.15, 0.2) is 0 Å². The van der Waals surface area contributed by atoms with Crippen LogP contribution in [0.2, 0.25) is 0 Å². The molecule has 1 fully saturated rings. The Labute approximate surface area is 88.6 Å². The van der Waals surface area contributed by atoms with Crippen molar-refractivity contribution in [1.82, 2.24) is 4.90 Å². The summed E-state index contributed by atoms with van der Waals surface area (Å²) in [5.41, 5.74) is 0. The number of ether oxygens (including phenoxy) is 1. The molecule has 1 saturated heterocycles. The fourth-order valence-corrected chi connectivity index (χ4v) is 2.10. The van der Waals surface area contributed by atoms with Gasteiger partial charge in [-0.3, -0.25) is 4.90 Å². The second-order valence-corrected chi connectivity index (χ2v) is 4.89. The Morgan fingerprint density at radius 3 is 2.43 bits per heavy atom. The first-order valence-electron chi connectivity index (χ1n) is 5.99. The van der Waals surface area contributed by atoms with Crippen LogP contribution in [0.1, 0.15) is 47.0 Å². The lowest BCUT2D eigenvalue weighted by Gasteiger charge is -2.28. The van der Waals surface area contributed by atoms with Crippen LogP contribution < -0.4 is 0 Å². The summed E-state index contributed by atoms with van der Waals surface area (Å²) in [6, 6.07) is 0.659. The Balaban J connectivity index is 2.43. The summed E-state index contributed by atoms with van der Waals surface area (Å²) in [4.78, 5) is 2.54. The van der Waals surface area contributed by atoms with Crippen LogP contribution in [0, 0.1) is 0 Å². The summed E-state index contributed by atoms with van der Waals surface area (Å²) >= 11 is 0. The third kappa shape index (κ3) is 3.97. The Kier molecular flexibility index (Phi) is 4.90. The number of likely N-dealkylation sites (tertiary alicyclic amines) is 1. The van der Waals surface area contributed by atoms with E-state index in [2.05, 4.69) is 32.6 Å². The molecule has 0 N–H and O–H groups in total. The quantitative estimate of drug-likeness (QED) is 0.693. The molecule has 2 nitrogen and oxygen atoms in total. The molecule has 0 spiro atoms. The maximum absolute atomic E-state index is 5.91. The summed E-state index contributed by atoms with van der Waals surface area (Å²) in [5.74, 6) is 0. The van der Waals surface area contributed by atoms with Crippen molar-refractivity contribution in [3.8, 4) is 0 Å². The monoisotopic (exact) mass is 199 g/mol. The highest BCUT2D eigenvalue weighted by Gasteiger charge is 2.20. The molecule has 14 heavy (non-hydrogen) atoms. The summed E-state index contributed by atoms with van der Waals surface area (Å²) in [6.07, 6.45) is 4.71. The van der Waals surface area contributed by atoms with Crippen LogP contribution in [0.5, 0.6) is 0 Å². The standard InChI is InChI=1S/C12H25NO/c1-10(2)13-8-6-5-7-12(9-13)14-11(3)4/h10-12H,5-9H2,1-4H3. The third-order valence-electron chi connectivity index (χ3n) is 2.85. The van der Waals surface area contributed by atoms with Gasteiger partial charge in [0.15, 0.2) is 0 Å². The van der Waals surface area contributed by atoms with E-state index in [1.807, 2.05) is 0 Å². The van der Waals surface area contributed by atoms with Crippen molar-refractivity contribution < 1.29 is 4.74 Å². The summed E-state index contributed by atoms with van der Waals surface area (Å²) in [6.45, 7) is 11.2. The molecule has 1 aliphatic heterocycles. The topological polar surface area (TPSA) is 12.5 Å². The summed E-state index contributed by atoms with van der Waals surface area (Å²) in [7, 11) is 0. The SMILES string of the molecule is CC(C)OC1CCCCN(C(C)C)C1. The Morgan fingerprint density at radius 2 is 1.86 bits per heavy atom. The summed E-state index contributed by atoms with van der Waals surface area (Å²) < 4.78 is 5.91. The van der Waals surface area contributed by atoms with Crippen LogP contribution in [-0.4, -0.2) is 36.2 Å². The second kappa shape index (κ2) is 5.72. The summed E-state index contributed by atoms with van der Waals surface area (Å²) in [5, 5.41) is 0. The van der Waals surface area contributed by atoms with Crippen molar-refractivity contribution in [2.45, 2.75) is 65.2 Å². The molecule has 0 aromatic carbocycles. The fraction of sp³-hybridized carbons (Fsp3) is 1.00. The van der Waals surface area contributed by atoms with Crippen molar-refractivity contribution in [1.29, 1.82) is 0 Å². The van der Waals surface area contributed by atoms with Crippen LogP contribution in [0.25, 0.3) is 0 Å². The van der Waals surface area contributed by atoms with Crippen molar-refractivity contribution in [2.75, 3.05) is 13.1 Å². The molecule has 0 bridgehead atoms. The number of rotatable bonds is 3. The van der Waals surface area contributed by atoms with Gasteiger partial charge in [-0.05, 0) is 53.5 Å². The van der Waals surface area contributed by atoms with Gasteiger partial charge < -0.3 is 4.74 Å². The minimum Gasteiger partial charge on any atom is -0.374 e. The molecular formula is C12H25NO. The van der Waals surface area contributed by atoms with E-state index in [4.69, 9.17) is 4.74 Å². The van der Waals surface area contributed by atoms with E-state index in [1.165, 1.54) is 25.8 Å². The van der Waals surface area contributed by atoms with Gasteiger partial charge in [-0.25, -0.2) is 0 Å². The third-order valence-corrected chi connectivity index (χ3v) is 2.85. The van der Waals surface area contributed by atoms with Gasteiger partial charge in [-0.2, -0.15) is 0 Å². The van der Waals surface area contributed by atoms with Crippen molar-refractivity contribution in [3.05, 3.63) is 0 Å². The van der Waals surface area contributed by atoms with E-state index in [0.29, 0.717) is 18.2 Å². The Bertz CT molecular complexity index is 156. The number of hydrogen-bond acceptors (Lipinski definition) is 2. The van der Waals surface area contributed by atoms with Gasteiger partial charge in [-0.15, -0.1) is 0 Å². The second-order valence-electron chi connectivity index (χ2n) is 4.89. The highest BCUT2D eigenvalue weighted by molar-refractivity contribution is 4.74. The average Bonchev–Trinajstić information content (AvgIpc) is 2.28. The zero-order chi connectivity index (χ0) is 10.6. The van der Waals surface area contributed by atoms with Gasteiger partial charge >= 0.3 is 0 Å². The molecule has 1 aliphatic rings. The molecule has 0 amide bonds. The molecule has 1 unspecified atom stereocenters. The van der Waals surface area contributed by atoms with E-state index in [9.17, 15) is 0 Å². The lowest BCUT2D eigenvalue weighted by Crippen LogP contribution is -2.38. The maximum Gasteiger partial charge on any atom is 0.0705 e. The predicted octanol–water partition coefficient (Wildman–Crippen LogP) is 2.67. The molecule has 1 rings (SSSR count). The minimum atomic E-state index is 0.368. The zero-order valence-corrected chi connectivity index (χ0v) is 10.1. The largest absolute Gasteiger partial charge is 0.374 e. The molecule has 0 aliphatic carbocycles. The van der Waals surface area contributed by atoms with Gasteiger partial charge in [0, 0.05) is 12.6 Å². The molecule has 2 heteroatoms. The maximum atomic E-state index is 5.91. The van der Waals surface area contributed by atoms with Crippen LogP contribution in [-0.2, 0) is 4.74 Å². The number of nitrogens with zero attached hydrogens (tertiary/aromatic N) is 1. The lowest BCUT2D eigenvalue weighted by atomic mass is 10.2. The molecule has 0 radical (unpaired) electrons. The smallest absolute Gasteiger partial charge is 0.0705 e. The van der Waals surface area contributed by atoms with Gasteiger partial charge in [0.05, 0.1) is 12.2 Å². The lowest BCUT2D eigenvalue weighted by molar-refractivity contribution is -0.0139. The molecule has 84 valence electrons. The van der Waals surface area contributed by atoms with E-state index in [0.717, 1.165) is 6.54 Å². The van der Waals surface area contributed by atoms with Crippen LogP contribution >= 0.6 is 0 Å².